The minimum atomic E-state index is -0.392. The molecule has 136 valence electrons. The lowest BCUT2D eigenvalue weighted by Crippen LogP contribution is -2.02. The van der Waals surface area contributed by atoms with Crippen LogP contribution in [-0.4, -0.2) is 26.2 Å². The number of methoxy groups -OCH3 is 2. The van der Waals surface area contributed by atoms with Crippen molar-refractivity contribution in [3.8, 4) is 0 Å². The molecule has 2 aromatic rings. The van der Waals surface area contributed by atoms with Gasteiger partial charge in [0.15, 0.2) is 0 Å². The first kappa shape index (κ1) is 19.3. The summed E-state index contributed by atoms with van der Waals surface area (Å²) in [5.74, 6) is -0.784. The number of thiophene rings is 2. The Balaban J connectivity index is 1.77. The Kier molecular flexibility index (Phi) is 6.83. The summed E-state index contributed by atoms with van der Waals surface area (Å²) in [6.07, 6.45) is 4.81. The molecule has 2 rings (SSSR count). The second kappa shape index (κ2) is 8.87. The Morgan fingerprint density at radius 3 is 1.60 bits per heavy atom. The first-order chi connectivity index (χ1) is 12.0. The van der Waals surface area contributed by atoms with E-state index >= 15 is 0 Å². The molecule has 0 saturated heterocycles. The maximum atomic E-state index is 11.5. The highest BCUT2D eigenvalue weighted by Crippen LogP contribution is 2.28. The van der Waals surface area contributed by atoms with E-state index in [0.29, 0.717) is 21.1 Å². The van der Waals surface area contributed by atoms with Crippen LogP contribution in [0.25, 0.3) is 0 Å². The van der Waals surface area contributed by atoms with Crippen molar-refractivity contribution in [3.63, 3.8) is 0 Å². The number of unbranched alkanes of at least 4 members (excludes halogenated alkanes) is 2. The molecule has 2 heterocycles. The van der Waals surface area contributed by atoms with Crippen LogP contribution in [0.1, 0.15) is 49.7 Å². The van der Waals surface area contributed by atoms with Crippen LogP contribution in [0.4, 0.5) is 10.0 Å². The number of rotatable bonds is 8. The summed E-state index contributed by atoms with van der Waals surface area (Å²) in [5.41, 5.74) is 12.6. The molecular formula is C17H22N2O4S2. The number of hydrogen-bond acceptors (Lipinski definition) is 8. The fraction of sp³-hybridized carbons (Fsp3) is 0.412. The zero-order chi connectivity index (χ0) is 18.4. The molecule has 25 heavy (non-hydrogen) atoms. The summed E-state index contributed by atoms with van der Waals surface area (Å²) in [4.78, 5) is 25.3. The first-order valence-corrected chi connectivity index (χ1v) is 9.52. The molecule has 0 bridgehead atoms. The third kappa shape index (κ3) is 4.96. The Morgan fingerprint density at radius 1 is 0.840 bits per heavy atom. The van der Waals surface area contributed by atoms with Gasteiger partial charge in [0.05, 0.1) is 25.3 Å². The predicted molar refractivity (Wildman–Crippen MR) is 101 cm³/mol. The van der Waals surface area contributed by atoms with Gasteiger partial charge in [0.1, 0.15) is 10.0 Å². The summed E-state index contributed by atoms with van der Waals surface area (Å²) < 4.78 is 9.41. The number of hydrogen-bond donors (Lipinski definition) is 2. The Hall–Kier alpha value is -2.06. The van der Waals surface area contributed by atoms with Gasteiger partial charge in [-0.05, 0) is 37.8 Å². The number of carbonyl (C=O) groups is 2. The van der Waals surface area contributed by atoms with Gasteiger partial charge in [0.25, 0.3) is 0 Å². The van der Waals surface area contributed by atoms with Crippen molar-refractivity contribution in [3.05, 3.63) is 33.0 Å². The van der Waals surface area contributed by atoms with Crippen LogP contribution in [-0.2, 0) is 22.3 Å². The number of carbonyl (C=O) groups excluding carboxylic acids is 2. The summed E-state index contributed by atoms with van der Waals surface area (Å²) in [7, 11) is 2.70. The highest BCUT2D eigenvalue weighted by atomic mass is 32.1. The van der Waals surface area contributed by atoms with Crippen LogP contribution in [0, 0.1) is 0 Å². The van der Waals surface area contributed by atoms with E-state index in [-0.39, 0.29) is 0 Å². The molecule has 0 aliphatic carbocycles. The maximum Gasteiger partial charge on any atom is 0.340 e. The molecule has 0 spiro atoms. The van der Waals surface area contributed by atoms with Gasteiger partial charge in [-0.2, -0.15) is 0 Å². The van der Waals surface area contributed by atoms with Crippen LogP contribution in [0.15, 0.2) is 12.1 Å². The third-order valence-corrected chi connectivity index (χ3v) is 5.83. The zero-order valence-electron chi connectivity index (χ0n) is 14.3. The van der Waals surface area contributed by atoms with Crippen LogP contribution in [0.3, 0.4) is 0 Å². The molecule has 0 radical (unpaired) electrons. The Bertz CT molecular complexity index is 690. The molecule has 2 aromatic heterocycles. The van der Waals surface area contributed by atoms with Crippen LogP contribution >= 0.6 is 22.7 Å². The van der Waals surface area contributed by atoms with E-state index in [0.717, 1.165) is 41.9 Å². The van der Waals surface area contributed by atoms with Crippen LogP contribution in [0.5, 0.6) is 0 Å². The van der Waals surface area contributed by atoms with E-state index in [2.05, 4.69) is 0 Å². The summed E-state index contributed by atoms with van der Waals surface area (Å²) in [6.45, 7) is 0. The molecule has 0 fully saturated rings. The van der Waals surface area contributed by atoms with E-state index in [1.54, 1.807) is 0 Å². The SMILES string of the molecule is COC(=O)c1cc(CCCCCc2cc(C(=O)OC)c(N)s2)sc1N. The molecule has 4 N–H and O–H groups in total. The summed E-state index contributed by atoms with van der Waals surface area (Å²) in [6, 6.07) is 3.63. The smallest absolute Gasteiger partial charge is 0.340 e. The quantitative estimate of drug-likeness (QED) is 0.535. The average molecular weight is 383 g/mol. The largest absolute Gasteiger partial charge is 0.465 e. The number of anilines is 2. The van der Waals surface area contributed by atoms with Gasteiger partial charge in [-0.15, -0.1) is 22.7 Å². The average Bonchev–Trinajstić information content (AvgIpc) is 3.15. The second-order valence-corrected chi connectivity index (χ2v) is 7.86. The van der Waals surface area contributed by atoms with Crippen molar-refractivity contribution in [1.82, 2.24) is 0 Å². The van der Waals surface area contributed by atoms with Crippen molar-refractivity contribution >= 4 is 44.6 Å². The number of ether oxygens (including phenoxy) is 2. The monoisotopic (exact) mass is 382 g/mol. The number of nitrogens with two attached hydrogens (primary N) is 2. The number of esters is 2. The van der Waals surface area contributed by atoms with Crippen molar-refractivity contribution in [2.75, 3.05) is 25.7 Å². The van der Waals surface area contributed by atoms with E-state index in [1.165, 1.54) is 36.9 Å². The third-order valence-electron chi connectivity index (χ3n) is 3.78. The van der Waals surface area contributed by atoms with Crippen LogP contribution < -0.4 is 11.5 Å². The number of aryl methyl sites for hydroxylation is 2. The standard InChI is InChI=1S/C17H22N2O4S2/c1-22-16(20)12-8-10(24-14(12)18)6-4-3-5-7-11-9-13(15(19)25-11)17(21)23-2/h8-9H,3-7,18-19H2,1-2H3. The van der Waals surface area contributed by atoms with Gasteiger partial charge in [-0.25, -0.2) is 9.59 Å². The molecular weight excluding hydrogens is 360 g/mol. The molecule has 8 heteroatoms. The topological polar surface area (TPSA) is 105 Å². The van der Waals surface area contributed by atoms with Gasteiger partial charge >= 0.3 is 11.9 Å². The summed E-state index contributed by atoms with van der Waals surface area (Å²) in [5, 5.41) is 1.01. The fourth-order valence-electron chi connectivity index (χ4n) is 2.48. The van der Waals surface area contributed by atoms with E-state index in [9.17, 15) is 9.59 Å². The second-order valence-electron chi connectivity index (χ2n) is 5.53. The van der Waals surface area contributed by atoms with Crippen LogP contribution in [0.2, 0.25) is 0 Å². The van der Waals surface area contributed by atoms with Gasteiger partial charge in [-0.3, -0.25) is 0 Å². The minimum Gasteiger partial charge on any atom is -0.465 e. The Morgan fingerprint density at radius 2 is 1.24 bits per heavy atom. The molecule has 0 aromatic carbocycles. The predicted octanol–water partition coefficient (Wildman–Crippen LogP) is 3.50. The van der Waals surface area contributed by atoms with Crippen molar-refractivity contribution < 1.29 is 19.1 Å². The maximum absolute atomic E-state index is 11.5. The van der Waals surface area contributed by atoms with Crippen molar-refractivity contribution in [1.29, 1.82) is 0 Å². The molecule has 0 saturated carbocycles. The van der Waals surface area contributed by atoms with E-state index in [4.69, 9.17) is 20.9 Å². The molecule has 0 aliphatic rings. The highest BCUT2D eigenvalue weighted by Gasteiger charge is 2.15. The lowest BCUT2D eigenvalue weighted by molar-refractivity contribution is 0.0593. The lowest BCUT2D eigenvalue weighted by atomic mass is 10.1. The first-order valence-electron chi connectivity index (χ1n) is 7.89. The minimum absolute atomic E-state index is 0.392. The molecule has 0 aliphatic heterocycles. The summed E-state index contributed by atoms with van der Waals surface area (Å²) >= 11 is 2.87. The van der Waals surface area contributed by atoms with Gasteiger partial charge in [0, 0.05) is 9.75 Å². The molecule has 0 unspecified atom stereocenters. The normalized spacial score (nSPS) is 10.6. The van der Waals surface area contributed by atoms with Gasteiger partial charge in [0.2, 0.25) is 0 Å². The van der Waals surface area contributed by atoms with E-state index in [1.807, 2.05) is 12.1 Å². The zero-order valence-corrected chi connectivity index (χ0v) is 15.9. The molecule has 0 amide bonds. The fourth-order valence-corrected chi connectivity index (χ4v) is 4.39. The van der Waals surface area contributed by atoms with Gasteiger partial charge in [-0.1, -0.05) is 6.42 Å². The van der Waals surface area contributed by atoms with E-state index < -0.39 is 11.9 Å². The Labute approximate surface area is 154 Å². The lowest BCUT2D eigenvalue weighted by Gasteiger charge is -1.99. The highest BCUT2D eigenvalue weighted by molar-refractivity contribution is 7.16. The molecule has 6 nitrogen and oxygen atoms in total. The van der Waals surface area contributed by atoms with Crippen molar-refractivity contribution in [2.45, 2.75) is 32.1 Å². The molecule has 0 atom stereocenters. The van der Waals surface area contributed by atoms with Crippen molar-refractivity contribution in [2.24, 2.45) is 0 Å². The number of nitrogen functional groups attached to an aromatic ring is 2. The van der Waals surface area contributed by atoms with Gasteiger partial charge < -0.3 is 20.9 Å².